The minimum Gasteiger partial charge on any atom is -0.387 e. The van der Waals surface area contributed by atoms with Gasteiger partial charge in [0.05, 0.1) is 23.2 Å². The summed E-state index contributed by atoms with van der Waals surface area (Å²) in [5.74, 6) is -0.0656. The Labute approximate surface area is 168 Å². The second-order valence-corrected chi connectivity index (χ2v) is 7.60. The largest absolute Gasteiger partial charge is 0.387 e. The maximum absolute atomic E-state index is 12.1. The van der Waals surface area contributed by atoms with Crippen LogP contribution in [-0.4, -0.2) is 34.1 Å². The first-order chi connectivity index (χ1) is 13.6. The number of thiazole rings is 1. The number of amides is 1. The van der Waals surface area contributed by atoms with E-state index in [1.165, 1.54) is 0 Å². The number of carbonyl (C=O) groups excluding carboxylic acids is 1. The van der Waals surface area contributed by atoms with Crippen LogP contribution in [-0.2, 0) is 17.6 Å². The summed E-state index contributed by atoms with van der Waals surface area (Å²) >= 11 is 1.55. The molecule has 2 aromatic heterocycles. The molecule has 0 spiro atoms. The van der Waals surface area contributed by atoms with Gasteiger partial charge in [0.25, 0.3) is 0 Å². The molecule has 0 aliphatic heterocycles. The molecular weight excluding hydrogens is 372 g/mol. The molecule has 0 bridgehead atoms. The van der Waals surface area contributed by atoms with Gasteiger partial charge < -0.3 is 15.7 Å². The molecule has 28 heavy (non-hydrogen) atoms. The van der Waals surface area contributed by atoms with Gasteiger partial charge in [-0.3, -0.25) is 9.78 Å². The Kier molecular flexibility index (Phi) is 7.25. The molecule has 0 radical (unpaired) electrons. The summed E-state index contributed by atoms with van der Waals surface area (Å²) in [6.45, 7) is 3.17. The first-order valence-electron chi connectivity index (χ1n) is 9.18. The van der Waals surface area contributed by atoms with E-state index < -0.39 is 6.10 Å². The van der Waals surface area contributed by atoms with E-state index in [1.807, 2.05) is 48.7 Å². The van der Waals surface area contributed by atoms with Crippen molar-refractivity contribution >= 4 is 22.9 Å². The summed E-state index contributed by atoms with van der Waals surface area (Å²) in [6.07, 6.45) is 3.93. The third kappa shape index (κ3) is 6.23. The number of anilines is 1. The highest BCUT2D eigenvalue weighted by Gasteiger charge is 2.08. The lowest BCUT2D eigenvalue weighted by atomic mass is 10.1. The molecule has 0 saturated heterocycles. The zero-order chi connectivity index (χ0) is 19.8. The number of hydrogen-bond donors (Lipinski definition) is 3. The fourth-order valence-electron chi connectivity index (χ4n) is 2.78. The van der Waals surface area contributed by atoms with Crippen molar-refractivity contribution in [1.82, 2.24) is 15.3 Å². The Bertz CT molecular complexity index is 881. The smallest absolute Gasteiger partial charge is 0.230 e. The molecule has 0 fully saturated rings. The molecule has 1 amide bonds. The van der Waals surface area contributed by atoms with Crippen LogP contribution < -0.4 is 10.6 Å². The van der Waals surface area contributed by atoms with E-state index in [0.29, 0.717) is 6.54 Å². The van der Waals surface area contributed by atoms with Crippen LogP contribution in [0, 0.1) is 6.92 Å². The minimum atomic E-state index is -0.562. The first kappa shape index (κ1) is 20.1. The van der Waals surface area contributed by atoms with Gasteiger partial charge in [0.15, 0.2) is 0 Å². The lowest BCUT2D eigenvalue weighted by Gasteiger charge is -2.12. The summed E-state index contributed by atoms with van der Waals surface area (Å²) in [7, 11) is 0. The molecule has 3 rings (SSSR count). The summed E-state index contributed by atoms with van der Waals surface area (Å²) in [5, 5.41) is 19.1. The highest BCUT2D eigenvalue weighted by Crippen LogP contribution is 2.13. The van der Waals surface area contributed by atoms with E-state index in [0.717, 1.165) is 40.5 Å². The number of aromatic nitrogens is 2. The number of benzene rings is 1. The molecule has 3 N–H and O–H groups in total. The molecule has 146 valence electrons. The molecule has 0 aliphatic carbocycles. The second kappa shape index (κ2) is 10.1. The molecule has 3 aromatic rings. The van der Waals surface area contributed by atoms with Crippen LogP contribution in [0.25, 0.3) is 0 Å². The summed E-state index contributed by atoms with van der Waals surface area (Å²) in [6, 6.07) is 11.5. The lowest BCUT2D eigenvalue weighted by molar-refractivity contribution is -0.115. The van der Waals surface area contributed by atoms with Crippen molar-refractivity contribution in [3.63, 3.8) is 0 Å². The highest BCUT2D eigenvalue weighted by atomic mass is 32.1. The van der Waals surface area contributed by atoms with Crippen LogP contribution in [0.3, 0.4) is 0 Å². The normalized spacial score (nSPS) is 11.9. The maximum Gasteiger partial charge on any atom is 0.230 e. The average Bonchev–Trinajstić information content (AvgIpc) is 3.11. The number of hydrogen-bond acceptors (Lipinski definition) is 6. The van der Waals surface area contributed by atoms with Gasteiger partial charge >= 0.3 is 0 Å². The average molecular weight is 397 g/mol. The van der Waals surface area contributed by atoms with Gasteiger partial charge in [-0.1, -0.05) is 18.2 Å². The van der Waals surface area contributed by atoms with Gasteiger partial charge in [-0.15, -0.1) is 11.3 Å². The molecule has 6 nitrogen and oxygen atoms in total. The van der Waals surface area contributed by atoms with Crippen molar-refractivity contribution in [3.05, 3.63) is 76.0 Å². The molecule has 0 unspecified atom stereocenters. The van der Waals surface area contributed by atoms with Gasteiger partial charge in [-0.05, 0) is 43.7 Å². The van der Waals surface area contributed by atoms with E-state index >= 15 is 0 Å². The molecule has 7 heteroatoms. The third-order valence-electron chi connectivity index (χ3n) is 4.24. The van der Waals surface area contributed by atoms with E-state index in [9.17, 15) is 9.90 Å². The van der Waals surface area contributed by atoms with Crippen LogP contribution in [0.1, 0.15) is 27.9 Å². The van der Waals surface area contributed by atoms with Crippen LogP contribution >= 0.6 is 11.3 Å². The van der Waals surface area contributed by atoms with Crippen molar-refractivity contribution in [2.24, 2.45) is 0 Å². The Balaban J connectivity index is 1.38. The van der Waals surface area contributed by atoms with Gasteiger partial charge in [-0.2, -0.15) is 0 Å². The number of aliphatic hydroxyl groups is 1. The number of aliphatic hydroxyl groups excluding tert-OH is 1. The standard InChI is InChI=1S/C21H24N4O2S/c1-15-24-19(14-28-15)11-21(27)25-18-6-4-16(5-7-18)8-10-23-13-20(26)17-3-2-9-22-12-17/h2-7,9,12,14,20,23,26H,8,10-11,13H2,1H3,(H,25,27)/t20-/m0/s1. The van der Waals surface area contributed by atoms with Crippen molar-refractivity contribution in [2.45, 2.75) is 25.9 Å². The first-order valence-corrected chi connectivity index (χ1v) is 10.1. The van der Waals surface area contributed by atoms with Crippen molar-refractivity contribution < 1.29 is 9.90 Å². The van der Waals surface area contributed by atoms with Crippen LogP contribution in [0.2, 0.25) is 0 Å². The zero-order valence-corrected chi connectivity index (χ0v) is 16.6. The summed E-state index contributed by atoms with van der Waals surface area (Å²) in [5.41, 5.74) is 3.55. The van der Waals surface area contributed by atoms with E-state index in [-0.39, 0.29) is 12.3 Å². The SMILES string of the molecule is Cc1nc(CC(=O)Nc2ccc(CCNC[C@H](O)c3cccnc3)cc2)cs1. The molecule has 2 heterocycles. The van der Waals surface area contributed by atoms with Crippen LogP contribution in [0.4, 0.5) is 5.69 Å². The number of nitrogens with zero attached hydrogens (tertiary/aromatic N) is 2. The third-order valence-corrected chi connectivity index (χ3v) is 5.07. The summed E-state index contributed by atoms with van der Waals surface area (Å²) < 4.78 is 0. The molecule has 1 aromatic carbocycles. The number of pyridine rings is 1. The van der Waals surface area contributed by atoms with E-state index in [2.05, 4.69) is 20.6 Å². The highest BCUT2D eigenvalue weighted by molar-refractivity contribution is 7.09. The Morgan fingerprint density at radius 2 is 2.07 bits per heavy atom. The maximum atomic E-state index is 12.1. The van der Waals surface area contributed by atoms with Gasteiger partial charge in [0.2, 0.25) is 5.91 Å². The molecular formula is C21H24N4O2S. The van der Waals surface area contributed by atoms with Crippen molar-refractivity contribution in [3.8, 4) is 0 Å². The topological polar surface area (TPSA) is 87.1 Å². The van der Waals surface area contributed by atoms with Gasteiger partial charge in [0.1, 0.15) is 0 Å². The van der Waals surface area contributed by atoms with Crippen molar-refractivity contribution in [2.75, 3.05) is 18.4 Å². The fraction of sp³-hybridized carbons (Fsp3) is 0.286. The predicted octanol–water partition coefficient (Wildman–Crippen LogP) is 2.89. The monoisotopic (exact) mass is 396 g/mol. The van der Waals surface area contributed by atoms with E-state index in [4.69, 9.17) is 0 Å². The number of aryl methyl sites for hydroxylation is 1. The molecule has 1 atom stereocenters. The number of nitrogens with one attached hydrogen (secondary N) is 2. The van der Waals surface area contributed by atoms with Gasteiger partial charge in [-0.25, -0.2) is 4.98 Å². The van der Waals surface area contributed by atoms with Gasteiger partial charge in [0, 0.05) is 35.6 Å². The van der Waals surface area contributed by atoms with Crippen molar-refractivity contribution in [1.29, 1.82) is 0 Å². The van der Waals surface area contributed by atoms with Crippen LogP contribution in [0.5, 0.6) is 0 Å². The minimum absolute atomic E-state index is 0.0656. The predicted molar refractivity (Wildman–Crippen MR) is 111 cm³/mol. The number of carbonyl (C=O) groups is 1. The van der Waals surface area contributed by atoms with E-state index in [1.54, 1.807) is 23.7 Å². The molecule has 0 saturated carbocycles. The summed E-state index contributed by atoms with van der Waals surface area (Å²) in [4.78, 5) is 20.4. The fourth-order valence-corrected chi connectivity index (χ4v) is 3.39. The molecule has 0 aliphatic rings. The Morgan fingerprint density at radius 3 is 2.75 bits per heavy atom. The second-order valence-electron chi connectivity index (χ2n) is 6.54. The lowest BCUT2D eigenvalue weighted by Crippen LogP contribution is -2.23. The quantitative estimate of drug-likeness (QED) is 0.484. The Morgan fingerprint density at radius 1 is 1.25 bits per heavy atom. The number of rotatable bonds is 9. The Hall–Kier alpha value is -2.61. The zero-order valence-electron chi connectivity index (χ0n) is 15.8. The van der Waals surface area contributed by atoms with Crippen LogP contribution in [0.15, 0.2) is 54.2 Å².